The molecule has 0 saturated carbocycles. The van der Waals surface area contributed by atoms with Crippen molar-refractivity contribution in [1.82, 2.24) is 0 Å². The molecule has 78 valence electrons. The summed E-state index contributed by atoms with van der Waals surface area (Å²) in [6.45, 7) is 6.36. The van der Waals surface area contributed by atoms with Gasteiger partial charge in [-0.1, -0.05) is 30.7 Å². The Balaban J connectivity index is 2.88. The lowest BCUT2D eigenvalue weighted by atomic mass is 9.96. The maximum atomic E-state index is 6.10. The van der Waals surface area contributed by atoms with Gasteiger partial charge < -0.3 is 5.73 Å². The highest BCUT2D eigenvalue weighted by molar-refractivity contribution is 5.91. The number of aryl methyl sites for hydroxylation is 3. The van der Waals surface area contributed by atoms with Gasteiger partial charge in [-0.2, -0.15) is 0 Å². The van der Waals surface area contributed by atoms with Gasteiger partial charge in [-0.05, 0) is 48.2 Å². The molecule has 0 aliphatic rings. The molecule has 0 bridgehead atoms. The van der Waals surface area contributed by atoms with Gasteiger partial charge in [-0.25, -0.2) is 0 Å². The molecule has 0 saturated heterocycles. The van der Waals surface area contributed by atoms with Gasteiger partial charge in [0, 0.05) is 5.69 Å². The predicted molar refractivity (Wildman–Crippen MR) is 67.2 cm³/mol. The largest absolute Gasteiger partial charge is 0.398 e. The normalized spacial score (nSPS) is 10.9. The van der Waals surface area contributed by atoms with Crippen molar-refractivity contribution in [2.24, 2.45) is 0 Å². The maximum Gasteiger partial charge on any atom is 0.0382 e. The summed E-state index contributed by atoms with van der Waals surface area (Å²) < 4.78 is 0. The first-order valence-corrected chi connectivity index (χ1v) is 5.41. The fourth-order valence-corrected chi connectivity index (χ4v) is 2.15. The topological polar surface area (TPSA) is 26.0 Å². The van der Waals surface area contributed by atoms with Crippen LogP contribution in [0.3, 0.4) is 0 Å². The molecule has 1 heteroatoms. The number of hydrogen-bond donors (Lipinski definition) is 1. The first-order valence-electron chi connectivity index (χ1n) is 5.41. The lowest BCUT2D eigenvalue weighted by Gasteiger charge is -2.11. The van der Waals surface area contributed by atoms with Crippen molar-refractivity contribution >= 4 is 16.5 Å². The van der Waals surface area contributed by atoms with Gasteiger partial charge in [-0.15, -0.1) is 0 Å². The number of nitrogens with two attached hydrogens (primary N) is 1. The Morgan fingerprint density at radius 3 is 2.53 bits per heavy atom. The van der Waals surface area contributed by atoms with Crippen LogP contribution in [0.4, 0.5) is 5.69 Å². The fourth-order valence-electron chi connectivity index (χ4n) is 2.15. The SMILES string of the molecule is CCc1c(N)c(C)cc2cc(C)ccc12. The summed E-state index contributed by atoms with van der Waals surface area (Å²) in [6.07, 6.45) is 0.993. The second-order valence-corrected chi connectivity index (χ2v) is 4.16. The van der Waals surface area contributed by atoms with Gasteiger partial charge in [0.05, 0.1) is 0 Å². The number of benzene rings is 2. The van der Waals surface area contributed by atoms with E-state index < -0.39 is 0 Å². The molecule has 0 aliphatic carbocycles. The zero-order valence-corrected chi connectivity index (χ0v) is 9.59. The molecule has 0 atom stereocenters. The van der Waals surface area contributed by atoms with Crippen LogP contribution in [-0.4, -0.2) is 0 Å². The second-order valence-electron chi connectivity index (χ2n) is 4.16. The Bertz CT molecular complexity index is 512. The molecule has 2 aromatic carbocycles. The highest BCUT2D eigenvalue weighted by atomic mass is 14.6. The number of anilines is 1. The Morgan fingerprint density at radius 1 is 1.13 bits per heavy atom. The number of rotatable bonds is 1. The van der Waals surface area contributed by atoms with Crippen molar-refractivity contribution in [2.45, 2.75) is 27.2 Å². The second kappa shape index (κ2) is 3.58. The van der Waals surface area contributed by atoms with Crippen LogP contribution in [0.25, 0.3) is 10.8 Å². The molecule has 0 aliphatic heterocycles. The van der Waals surface area contributed by atoms with Gasteiger partial charge >= 0.3 is 0 Å². The van der Waals surface area contributed by atoms with E-state index in [4.69, 9.17) is 5.73 Å². The summed E-state index contributed by atoms with van der Waals surface area (Å²) in [5.41, 5.74) is 10.8. The summed E-state index contributed by atoms with van der Waals surface area (Å²) in [6, 6.07) is 8.73. The van der Waals surface area contributed by atoms with Crippen LogP contribution in [-0.2, 0) is 6.42 Å². The number of nitrogen functional groups attached to an aromatic ring is 1. The molecule has 0 unspecified atom stereocenters. The van der Waals surface area contributed by atoms with Crippen molar-refractivity contribution in [3.8, 4) is 0 Å². The van der Waals surface area contributed by atoms with E-state index in [1.807, 2.05) is 0 Å². The standard InChI is InChI=1S/C14H17N/c1-4-12-13-6-5-9(2)7-11(13)8-10(3)14(12)15/h5-8H,4,15H2,1-3H3. The van der Waals surface area contributed by atoms with Gasteiger partial charge in [0.25, 0.3) is 0 Å². The minimum absolute atomic E-state index is 0.953. The molecule has 2 N–H and O–H groups in total. The van der Waals surface area contributed by atoms with Crippen molar-refractivity contribution in [2.75, 3.05) is 5.73 Å². The first-order chi connectivity index (χ1) is 7.13. The van der Waals surface area contributed by atoms with Gasteiger partial charge in [0.1, 0.15) is 0 Å². The highest BCUT2D eigenvalue weighted by Gasteiger charge is 2.06. The molecule has 0 amide bonds. The van der Waals surface area contributed by atoms with Crippen LogP contribution >= 0.6 is 0 Å². The molecule has 2 rings (SSSR count). The summed E-state index contributed by atoms with van der Waals surface area (Å²) in [5.74, 6) is 0. The lowest BCUT2D eigenvalue weighted by molar-refractivity contribution is 1.16. The molecule has 0 heterocycles. The van der Waals surface area contributed by atoms with Crippen LogP contribution < -0.4 is 5.73 Å². The van der Waals surface area contributed by atoms with E-state index >= 15 is 0 Å². The average Bonchev–Trinajstić information content (AvgIpc) is 2.20. The van der Waals surface area contributed by atoms with Gasteiger partial charge in [0.2, 0.25) is 0 Å². The van der Waals surface area contributed by atoms with Gasteiger partial charge in [-0.3, -0.25) is 0 Å². The summed E-state index contributed by atoms with van der Waals surface area (Å²) in [7, 11) is 0. The van der Waals surface area contributed by atoms with Crippen molar-refractivity contribution in [3.05, 3.63) is 41.0 Å². The van der Waals surface area contributed by atoms with E-state index in [-0.39, 0.29) is 0 Å². The van der Waals surface area contributed by atoms with Gasteiger partial charge in [0.15, 0.2) is 0 Å². The predicted octanol–water partition coefficient (Wildman–Crippen LogP) is 3.60. The van der Waals surface area contributed by atoms with Crippen LogP contribution in [0.5, 0.6) is 0 Å². The van der Waals surface area contributed by atoms with Crippen molar-refractivity contribution in [1.29, 1.82) is 0 Å². The highest BCUT2D eigenvalue weighted by Crippen LogP contribution is 2.28. The molecular formula is C14H17N. The summed E-state index contributed by atoms with van der Waals surface area (Å²) in [5, 5.41) is 2.60. The van der Waals surface area contributed by atoms with Crippen LogP contribution in [0.2, 0.25) is 0 Å². The molecule has 0 fully saturated rings. The Morgan fingerprint density at radius 2 is 1.87 bits per heavy atom. The zero-order valence-electron chi connectivity index (χ0n) is 9.59. The summed E-state index contributed by atoms with van der Waals surface area (Å²) in [4.78, 5) is 0. The third kappa shape index (κ3) is 1.58. The zero-order chi connectivity index (χ0) is 11.0. The maximum absolute atomic E-state index is 6.10. The van der Waals surface area contributed by atoms with Crippen molar-refractivity contribution in [3.63, 3.8) is 0 Å². The molecular weight excluding hydrogens is 182 g/mol. The smallest absolute Gasteiger partial charge is 0.0382 e. The first kappa shape index (κ1) is 10.0. The van der Waals surface area contributed by atoms with Crippen LogP contribution in [0, 0.1) is 13.8 Å². The molecule has 1 nitrogen and oxygen atoms in total. The van der Waals surface area contributed by atoms with E-state index in [0.717, 1.165) is 12.1 Å². The minimum atomic E-state index is 0.953. The Labute approximate surface area is 90.9 Å². The van der Waals surface area contributed by atoms with E-state index in [9.17, 15) is 0 Å². The van der Waals surface area contributed by atoms with E-state index in [2.05, 4.69) is 45.0 Å². The fraction of sp³-hybridized carbons (Fsp3) is 0.286. The van der Waals surface area contributed by atoms with E-state index in [1.165, 1.54) is 27.5 Å². The monoisotopic (exact) mass is 199 g/mol. The van der Waals surface area contributed by atoms with E-state index in [0.29, 0.717) is 0 Å². The third-order valence-corrected chi connectivity index (χ3v) is 3.01. The molecule has 2 aromatic rings. The van der Waals surface area contributed by atoms with Crippen LogP contribution in [0.15, 0.2) is 24.3 Å². The molecule has 15 heavy (non-hydrogen) atoms. The molecule has 0 spiro atoms. The van der Waals surface area contributed by atoms with E-state index in [1.54, 1.807) is 0 Å². The minimum Gasteiger partial charge on any atom is -0.398 e. The number of fused-ring (bicyclic) bond motifs is 1. The quantitative estimate of drug-likeness (QED) is 0.698. The number of hydrogen-bond acceptors (Lipinski definition) is 1. The molecule has 0 aromatic heterocycles. The average molecular weight is 199 g/mol. The van der Waals surface area contributed by atoms with Crippen molar-refractivity contribution < 1.29 is 0 Å². The Hall–Kier alpha value is -1.50. The van der Waals surface area contributed by atoms with Crippen LogP contribution in [0.1, 0.15) is 23.6 Å². The summed E-state index contributed by atoms with van der Waals surface area (Å²) >= 11 is 0. The molecule has 0 radical (unpaired) electrons. The third-order valence-electron chi connectivity index (χ3n) is 3.01. The lowest BCUT2D eigenvalue weighted by Crippen LogP contribution is -1.97. The Kier molecular flexibility index (Phi) is 2.39.